The van der Waals surface area contributed by atoms with E-state index in [1.807, 2.05) is 76.8 Å². The monoisotopic (exact) mass is 544 g/mol. The van der Waals surface area contributed by atoms with Crippen LogP contribution >= 0.6 is 17.0 Å². The van der Waals surface area contributed by atoms with E-state index in [2.05, 4.69) is 12.1 Å². The molecule has 2 unspecified atom stereocenters. The summed E-state index contributed by atoms with van der Waals surface area (Å²) in [7, 11) is 1.67. The van der Waals surface area contributed by atoms with Crippen molar-refractivity contribution in [3.63, 3.8) is 0 Å². The number of likely N-dealkylation sites (tertiary alicyclic amines) is 1. The maximum absolute atomic E-state index is 13.6. The number of nitrogens with one attached hydrogen (secondary N) is 1. The van der Waals surface area contributed by atoms with Crippen molar-refractivity contribution in [2.45, 2.75) is 71.3 Å². The zero-order valence-corrected chi connectivity index (χ0v) is 23.9. The number of phenols is 1. The molecule has 0 aliphatic carbocycles. The molecule has 2 N–H and O–H groups in total. The number of methoxy groups -OCH3 is 1. The normalized spacial score (nSPS) is 18.5. The summed E-state index contributed by atoms with van der Waals surface area (Å²) in [6.45, 7) is 12.9. The Morgan fingerprint density at radius 2 is 1.60 bits per heavy atom. The Labute approximate surface area is 221 Å². The molecule has 5 nitrogen and oxygen atoms in total. The van der Waals surface area contributed by atoms with Crippen LogP contribution in [0.3, 0.4) is 0 Å². The first kappa shape index (κ1) is 29.1. The number of nitrogens with zero attached hydrogens (tertiary/aromatic N) is 1. The Kier molecular flexibility index (Phi) is 9.34. The maximum atomic E-state index is 13.6. The lowest BCUT2D eigenvalue weighted by Gasteiger charge is -2.29. The molecule has 6 heteroatoms. The molecule has 2 aromatic carbocycles. The van der Waals surface area contributed by atoms with Crippen molar-refractivity contribution < 1.29 is 14.6 Å². The highest BCUT2D eigenvalue weighted by Crippen LogP contribution is 2.40. The van der Waals surface area contributed by atoms with Crippen LogP contribution in [0, 0.1) is 11.3 Å². The van der Waals surface area contributed by atoms with Crippen molar-refractivity contribution >= 4 is 28.6 Å². The summed E-state index contributed by atoms with van der Waals surface area (Å²) < 4.78 is 5.45. The molecule has 1 saturated heterocycles. The highest BCUT2D eigenvalue weighted by Gasteiger charge is 2.38. The summed E-state index contributed by atoms with van der Waals surface area (Å²) in [5, 5.41) is 19.9. The zero-order valence-electron chi connectivity index (χ0n) is 22.1. The van der Waals surface area contributed by atoms with Gasteiger partial charge >= 0.3 is 0 Å². The minimum Gasteiger partial charge on any atom is -0.507 e. The number of ketones is 1. The fourth-order valence-corrected chi connectivity index (χ4v) is 4.83. The number of carbonyl (C=O) groups excluding carboxylic acids is 1. The molecule has 2 atom stereocenters. The summed E-state index contributed by atoms with van der Waals surface area (Å²) in [5.41, 5.74) is 2.72. The van der Waals surface area contributed by atoms with Gasteiger partial charge in [-0.3, -0.25) is 10.2 Å². The van der Waals surface area contributed by atoms with Gasteiger partial charge in [-0.25, -0.2) is 0 Å². The van der Waals surface area contributed by atoms with E-state index in [1.165, 1.54) is 5.56 Å². The highest BCUT2D eigenvalue weighted by molar-refractivity contribution is 8.93. The van der Waals surface area contributed by atoms with Crippen LogP contribution in [0.15, 0.2) is 42.5 Å². The zero-order chi connectivity index (χ0) is 25.3. The molecule has 1 heterocycles. The third-order valence-electron chi connectivity index (χ3n) is 6.74. The van der Waals surface area contributed by atoms with Crippen LogP contribution in [0.1, 0.15) is 75.0 Å². The van der Waals surface area contributed by atoms with Gasteiger partial charge in [0.05, 0.1) is 19.2 Å². The number of Topliss-reactive ketones (excluding diaryl/α,β-unsaturated/α-hetero) is 1. The predicted octanol–water partition coefficient (Wildman–Crippen LogP) is 6.30. The molecular weight excluding hydrogens is 504 g/mol. The second-order valence-corrected chi connectivity index (χ2v) is 11.6. The molecule has 0 amide bonds. The Bertz CT molecular complexity index is 1000. The van der Waals surface area contributed by atoms with Crippen LogP contribution in [0.4, 0.5) is 0 Å². The number of benzene rings is 2. The van der Waals surface area contributed by atoms with E-state index >= 15 is 0 Å². The Morgan fingerprint density at radius 1 is 1.06 bits per heavy atom. The first-order valence-electron chi connectivity index (χ1n) is 12.1. The van der Waals surface area contributed by atoms with Gasteiger partial charge in [-0.15, -0.1) is 17.0 Å². The van der Waals surface area contributed by atoms with E-state index in [4.69, 9.17) is 10.1 Å². The Hall–Kier alpha value is -2.18. The fraction of sp³-hybridized carbons (Fsp3) is 0.517. The molecule has 3 rings (SSSR count). The molecule has 0 saturated carbocycles. The molecule has 0 spiro atoms. The molecule has 2 aromatic rings. The lowest BCUT2D eigenvalue weighted by molar-refractivity contribution is 0.0906. The molecule has 35 heavy (non-hydrogen) atoms. The van der Waals surface area contributed by atoms with Crippen LogP contribution in [-0.2, 0) is 22.0 Å². The summed E-state index contributed by atoms with van der Waals surface area (Å²) >= 11 is 0. The van der Waals surface area contributed by atoms with Crippen molar-refractivity contribution in [3.8, 4) is 5.75 Å². The van der Waals surface area contributed by atoms with Crippen molar-refractivity contribution in [1.29, 1.82) is 5.41 Å². The largest absolute Gasteiger partial charge is 0.507 e. The summed E-state index contributed by atoms with van der Waals surface area (Å²) in [6, 6.07) is 13.9. The summed E-state index contributed by atoms with van der Waals surface area (Å²) in [5.74, 6) is 0.795. The number of rotatable bonds is 7. The van der Waals surface area contributed by atoms with Gasteiger partial charge in [-0.2, -0.15) is 0 Å². The van der Waals surface area contributed by atoms with E-state index in [0.29, 0.717) is 18.0 Å². The van der Waals surface area contributed by atoms with Crippen LogP contribution in [0.5, 0.6) is 5.75 Å². The standard InChI is InChI=1S/C29H40N2O3.BrH/c1-28(2,3)23-15-20(16-24(26(23)33)29(4,5)6)25(32)17-31-22(18-34-7)14-21(27(31)30)13-19-11-9-8-10-12-19;/h8-12,15-16,21-22,30,33H,13-14,17-18H2,1-7H3;1H. The fourth-order valence-electron chi connectivity index (χ4n) is 4.83. The number of hydrogen-bond donors (Lipinski definition) is 2. The first-order valence-corrected chi connectivity index (χ1v) is 12.1. The third-order valence-corrected chi connectivity index (χ3v) is 6.74. The number of aromatic hydroxyl groups is 1. The molecule has 1 aliphatic heterocycles. The van der Waals surface area contributed by atoms with Crippen molar-refractivity contribution in [1.82, 2.24) is 4.90 Å². The first-order chi connectivity index (χ1) is 15.8. The van der Waals surface area contributed by atoms with Gasteiger partial charge in [-0.05, 0) is 41.4 Å². The van der Waals surface area contributed by atoms with Gasteiger partial charge in [0, 0.05) is 29.7 Å². The minimum atomic E-state index is -0.305. The third kappa shape index (κ3) is 6.73. The van der Waals surface area contributed by atoms with E-state index in [9.17, 15) is 9.90 Å². The van der Waals surface area contributed by atoms with Crippen molar-refractivity contribution in [2.75, 3.05) is 20.3 Å². The highest BCUT2D eigenvalue weighted by atomic mass is 79.9. The molecule has 1 aliphatic rings. The van der Waals surface area contributed by atoms with Gasteiger partial charge in [0.15, 0.2) is 5.78 Å². The van der Waals surface area contributed by atoms with Crippen LogP contribution in [0.2, 0.25) is 0 Å². The second kappa shape index (κ2) is 11.3. The van der Waals surface area contributed by atoms with Gasteiger partial charge in [0.2, 0.25) is 0 Å². The maximum Gasteiger partial charge on any atom is 0.182 e. The molecule has 0 bridgehead atoms. The van der Waals surface area contributed by atoms with Crippen LogP contribution in [-0.4, -0.2) is 47.9 Å². The number of ether oxygens (including phenoxy) is 1. The Morgan fingerprint density at radius 3 is 2.09 bits per heavy atom. The van der Waals surface area contributed by atoms with E-state index < -0.39 is 0 Å². The predicted molar refractivity (Wildman–Crippen MR) is 149 cm³/mol. The van der Waals surface area contributed by atoms with Crippen LogP contribution in [0.25, 0.3) is 0 Å². The summed E-state index contributed by atoms with van der Waals surface area (Å²) in [4.78, 5) is 15.5. The number of amidine groups is 1. The van der Waals surface area contributed by atoms with Crippen LogP contribution < -0.4 is 0 Å². The summed E-state index contributed by atoms with van der Waals surface area (Å²) in [6.07, 6.45) is 1.58. The molecule has 0 aromatic heterocycles. The minimum absolute atomic E-state index is 0. The van der Waals surface area contributed by atoms with Crippen molar-refractivity contribution in [3.05, 3.63) is 64.7 Å². The number of halogens is 1. The molecule has 192 valence electrons. The number of hydrogen-bond acceptors (Lipinski definition) is 4. The molecular formula is C29H41BrN2O3. The van der Waals surface area contributed by atoms with Gasteiger partial charge < -0.3 is 14.7 Å². The average Bonchev–Trinajstić information content (AvgIpc) is 3.02. The number of carbonyl (C=O) groups is 1. The number of phenolic OH excluding ortho intramolecular Hbond substituents is 1. The van der Waals surface area contributed by atoms with Crippen molar-refractivity contribution in [2.24, 2.45) is 5.92 Å². The SMILES string of the molecule is Br.COCC1CC(Cc2ccccc2)C(=N)N1CC(=O)c1cc(C(C)(C)C)c(O)c(C(C)(C)C)c1. The van der Waals surface area contributed by atoms with E-state index in [-0.39, 0.29) is 57.8 Å². The quantitative estimate of drug-likeness (QED) is 0.401. The van der Waals surface area contributed by atoms with Gasteiger partial charge in [0.25, 0.3) is 0 Å². The van der Waals surface area contributed by atoms with E-state index in [0.717, 1.165) is 24.0 Å². The second-order valence-electron chi connectivity index (χ2n) is 11.6. The topological polar surface area (TPSA) is 73.6 Å². The molecule has 0 radical (unpaired) electrons. The van der Waals surface area contributed by atoms with Gasteiger partial charge in [0.1, 0.15) is 11.6 Å². The average molecular weight is 546 g/mol. The smallest absolute Gasteiger partial charge is 0.182 e. The van der Waals surface area contributed by atoms with Gasteiger partial charge in [-0.1, -0.05) is 71.9 Å². The van der Waals surface area contributed by atoms with E-state index in [1.54, 1.807) is 7.11 Å². The molecule has 1 fully saturated rings. The Balaban J connectivity index is 0.00000432. The lowest BCUT2D eigenvalue weighted by atomic mass is 9.78. The lowest BCUT2D eigenvalue weighted by Crippen LogP contribution is -2.40.